The van der Waals surface area contributed by atoms with Gasteiger partial charge in [0, 0.05) is 5.56 Å². The van der Waals surface area contributed by atoms with Crippen molar-refractivity contribution in [3.63, 3.8) is 0 Å². The topological polar surface area (TPSA) is 138 Å². The van der Waals surface area contributed by atoms with E-state index < -0.39 is 31.8 Å². The Morgan fingerprint density at radius 3 is 2.67 bits per heavy atom. The van der Waals surface area contributed by atoms with Crippen LogP contribution in [0.5, 0.6) is 0 Å². The molecule has 2 aromatic heterocycles. The van der Waals surface area contributed by atoms with Crippen molar-refractivity contribution >= 4 is 22.2 Å². The van der Waals surface area contributed by atoms with E-state index in [2.05, 4.69) is 24.8 Å². The van der Waals surface area contributed by atoms with E-state index in [0.29, 0.717) is 5.82 Å². The molecule has 9 nitrogen and oxygen atoms in total. The van der Waals surface area contributed by atoms with Crippen molar-refractivity contribution in [3.05, 3.63) is 42.1 Å². The first-order valence-corrected chi connectivity index (χ1v) is 9.44. The first-order chi connectivity index (χ1) is 12.4. The van der Waals surface area contributed by atoms with Gasteiger partial charge in [-0.3, -0.25) is 0 Å². The van der Waals surface area contributed by atoms with Crippen molar-refractivity contribution < 1.29 is 21.9 Å². The Morgan fingerprint density at radius 1 is 1.26 bits per heavy atom. The lowest BCUT2D eigenvalue weighted by Crippen LogP contribution is -2.44. The van der Waals surface area contributed by atoms with Gasteiger partial charge in [0.25, 0.3) is 5.89 Å². The minimum atomic E-state index is -4.03. The average Bonchev–Trinajstić information content (AvgIpc) is 3.24. The molecule has 2 N–H and O–H groups in total. The number of hydrogen-bond acceptors (Lipinski definition) is 9. The van der Waals surface area contributed by atoms with E-state index >= 15 is 0 Å². The summed E-state index contributed by atoms with van der Waals surface area (Å²) >= 11 is 0. The van der Waals surface area contributed by atoms with Crippen molar-refractivity contribution in [2.45, 2.75) is 35.4 Å². The number of halogens is 2. The number of nitrogens with zero attached hydrogens (tertiary/aromatic N) is 4. The Bertz CT molecular complexity index is 1050. The standard InChI is InChI=1S/C15H14FN5O4S.ClH/c16-10-3-2-9(13-19-14(21-25-13)15(17)4-1-5-15)6-11(10)26(22,23)7-12-18-8-24-20-12;/h2-3,6,8H,1,4-5,7,17H2;1H. The van der Waals surface area contributed by atoms with Gasteiger partial charge in [0.05, 0.1) is 5.54 Å². The van der Waals surface area contributed by atoms with Crippen molar-refractivity contribution in [2.75, 3.05) is 0 Å². The van der Waals surface area contributed by atoms with Crippen molar-refractivity contribution in [1.29, 1.82) is 0 Å². The third-order valence-corrected chi connectivity index (χ3v) is 5.98. The number of rotatable bonds is 5. The highest BCUT2D eigenvalue weighted by molar-refractivity contribution is 7.90. The quantitative estimate of drug-likeness (QED) is 0.662. The molecule has 0 unspecified atom stereocenters. The normalized spacial score (nSPS) is 15.8. The van der Waals surface area contributed by atoms with Gasteiger partial charge in [-0.15, -0.1) is 12.4 Å². The highest BCUT2D eigenvalue weighted by Gasteiger charge is 2.39. The summed E-state index contributed by atoms with van der Waals surface area (Å²) in [4.78, 5) is 7.38. The molecule has 27 heavy (non-hydrogen) atoms. The summed E-state index contributed by atoms with van der Waals surface area (Å²) in [6.45, 7) is 0. The summed E-state index contributed by atoms with van der Waals surface area (Å²) < 4.78 is 48.8. The fourth-order valence-corrected chi connectivity index (χ4v) is 4.00. The predicted octanol–water partition coefficient (Wildman–Crippen LogP) is 1.99. The van der Waals surface area contributed by atoms with Crippen LogP contribution in [0.3, 0.4) is 0 Å². The number of benzene rings is 1. The van der Waals surface area contributed by atoms with Crippen LogP contribution in [-0.2, 0) is 21.1 Å². The molecule has 1 aromatic carbocycles. The molecule has 12 heteroatoms. The Hall–Kier alpha value is -2.37. The van der Waals surface area contributed by atoms with Crippen LogP contribution in [0.4, 0.5) is 4.39 Å². The van der Waals surface area contributed by atoms with E-state index in [1.165, 1.54) is 6.07 Å². The predicted molar refractivity (Wildman–Crippen MR) is 91.8 cm³/mol. The molecule has 0 aliphatic heterocycles. The number of hydrogen-bond donors (Lipinski definition) is 1. The van der Waals surface area contributed by atoms with E-state index in [-0.39, 0.29) is 29.7 Å². The Kier molecular flexibility index (Phi) is 5.02. The first-order valence-electron chi connectivity index (χ1n) is 7.78. The van der Waals surface area contributed by atoms with Gasteiger partial charge in [-0.25, -0.2) is 12.8 Å². The summed E-state index contributed by atoms with van der Waals surface area (Å²) in [5, 5.41) is 7.32. The molecule has 0 bridgehead atoms. The molecule has 144 valence electrons. The van der Waals surface area contributed by atoms with Crippen LogP contribution in [0.25, 0.3) is 11.5 Å². The second kappa shape index (κ2) is 6.98. The molecule has 0 atom stereocenters. The van der Waals surface area contributed by atoms with E-state index in [1.807, 2.05) is 0 Å². The lowest BCUT2D eigenvalue weighted by molar-refractivity contribution is 0.229. The third kappa shape index (κ3) is 3.57. The first kappa shape index (κ1) is 19.4. The van der Waals surface area contributed by atoms with Gasteiger partial charge in [-0.1, -0.05) is 10.3 Å². The molecule has 2 heterocycles. The second-order valence-electron chi connectivity index (χ2n) is 6.18. The summed E-state index contributed by atoms with van der Waals surface area (Å²) in [5.74, 6) is -1.12. The van der Waals surface area contributed by atoms with E-state index in [1.54, 1.807) is 0 Å². The molecule has 0 amide bonds. The Morgan fingerprint density at radius 2 is 2.04 bits per heavy atom. The summed E-state index contributed by atoms with van der Waals surface area (Å²) in [6.07, 6.45) is 3.48. The molecule has 0 radical (unpaired) electrons. The maximum atomic E-state index is 14.1. The van der Waals surface area contributed by atoms with Crippen LogP contribution in [-0.4, -0.2) is 28.7 Å². The molecule has 1 aliphatic rings. The zero-order valence-electron chi connectivity index (χ0n) is 13.8. The van der Waals surface area contributed by atoms with Crippen molar-refractivity contribution in [3.8, 4) is 11.5 Å². The van der Waals surface area contributed by atoms with Gasteiger partial charge < -0.3 is 14.8 Å². The SMILES string of the molecule is Cl.NC1(c2noc(-c3ccc(F)c(S(=O)(=O)Cc4ncon4)c3)n2)CCC1. The minimum Gasteiger partial charge on any atom is -0.343 e. The lowest BCUT2D eigenvalue weighted by Gasteiger charge is -2.34. The summed E-state index contributed by atoms with van der Waals surface area (Å²) in [6, 6.07) is 3.54. The van der Waals surface area contributed by atoms with Gasteiger partial charge in [-0.2, -0.15) is 9.97 Å². The van der Waals surface area contributed by atoms with E-state index in [9.17, 15) is 12.8 Å². The van der Waals surface area contributed by atoms with Gasteiger partial charge in [0.1, 0.15) is 16.5 Å². The van der Waals surface area contributed by atoms with Gasteiger partial charge in [0.15, 0.2) is 21.5 Å². The minimum absolute atomic E-state index is 0. The number of nitrogens with two attached hydrogens (primary N) is 1. The zero-order valence-corrected chi connectivity index (χ0v) is 15.5. The molecular formula is C15H15ClFN5O4S. The molecule has 0 spiro atoms. The Labute approximate surface area is 159 Å². The fourth-order valence-electron chi connectivity index (χ4n) is 2.70. The fraction of sp³-hybridized carbons (Fsp3) is 0.333. The zero-order chi connectivity index (χ0) is 18.4. The molecule has 3 aromatic rings. The van der Waals surface area contributed by atoms with E-state index in [4.69, 9.17) is 10.3 Å². The largest absolute Gasteiger partial charge is 0.343 e. The smallest absolute Gasteiger partial charge is 0.258 e. The van der Waals surface area contributed by atoms with Gasteiger partial charge in [-0.05, 0) is 37.5 Å². The third-order valence-electron chi connectivity index (χ3n) is 4.36. The van der Waals surface area contributed by atoms with Crippen LogP contribution in [0, 0.1) is 5.82 Å². The maximum Gasteiger partial charge on any atom is 0.258 e. The van der Waals surface area contributed by atoms with Gasteiger partial charge >= 0.3 is 0 Å². The monoisotopic (exact) mass is 415 g/mol. The molecule has 0 saturated heterocycles. The van der Waals surface area contributed by atoms with Crippen LogP contribution >= 0.6 is 12.4 Å². The van der Waals surface area contributed by atoms with Crippen LogP contribution in [0.2, 0.25) is 0 Å². The highest BCUT2D eigenvalue weighted by Crippen LogP contribution is 2.37. The molecule has 4 rings (SSSR count). The summed E-state index contributed by atoms with van der Waals surface area (Å²) in [5.41, 5.74) is 5.81. The molecule has 1 aliphatic carbocycles. The van der Waals surface area contributed by atoms with Crippen LogP contribution < -0.4 is 5.73 Å². The lowest BCUT2D eigenvalue weighted by atomic mass is 9.77. The number of aromatic nitrogens is 4. The van der Waals surface area contributed by atoms with E-state index in [0.717, 1.165) is 37.8 Å². The second-order valence-corrected chi connectivity index (χ2v) is 8.14. The van der Waals surface area contributed by atoms with Gasteiger partial charge in [0.2, 0.25) is 6.39 Å². The van der Waals surface area contributed by atoms with Crippen LogP contribution in [0.15, 0.2) is 38.5 Å². The highest BCUT2D eigenvalue weighted by atomic mass is 35.5. The van der Waals surface area contributed by atoms with Crippen LogP contribution in [0.1, 0.15) is 30.9 Å². The molecular weight excluding hydrogens is 401 g/mol. The average molecular weight is 416 g/mol. The molecule has 1 fully saturated rings. The number of sulfone groups is 1. The molecule has 1 saturated carbocycles. The summed E-state index contributed by atoms with van der Waals surface area (Å²) in [7, 11) is -4.03. The van der Waals surface area contributed by atoms with Crippen molar-refractivity contribution in [1.82, 2.24) is 20.3 Å². The van der Waals surface area contributed by atoms with Crippen molar-refractivity contribution in [2.24, 2.45) is 5.73 Å². The Balaban J connectivity index is 0.00000210. The maximum absolute atomic E-state index is 14.1.